The van der Waals surface area contributed by atoms with Crippen LogP contribution in [0.5, 0.6) is 0 Å². The first-order valence-electron chi connectivity index (χ1n) is 13.9. The van der Waals surface area contributed by atoms with E-state index >= 15 is 0 Å². The number of carbonyl (C=O) groups excluding carboxylic acids is 2. The Bertz CT molecular complexity index is 2390. The molecule has 4 N–H and O–H groups in total. The molecule has 0 atom stereocenters. The third-order valence-corrected chi connectivity index (χ3v) is 8.46. The largest absolute Gasteiger partial charge is 0.417 e. The van der Waals surface area contributed by atoms with Crippen LogP contribution in [0.1, 0.15) is 37.7 Å². The molecule has 2 amide bonds. The van der Waals surface area contributed by atoms with Gasteiger partial charge in [0, 0.05) is 56.0 Å². The van der Waals surface area contributed by atoms with E-state index in [4.69, 9.17) is 11.6 Å². The molecular formula is C33H20ClF3N6O2. The van der Waals surface area contributed by atoms with Crippen molar-refractivity contribution in [3.8, 4) is 11.3 Å². The number of amides is 2. The first-order chi connectivity index (χ1) is 21.7. The van der Waals surface area contributed by atoms with Crippen molar-refractivity contribution < 1.29 is 22.8 Å². The predicted octanol–water partition coefficient (Wildman–Crippen LogP) is 7.26. The Kier molecular flexibility index (Phi) is 5.91. The van der Waals surface area contributed by atoms with Crippen LogP contribution in [-0.2, 0) is 19.3 Å². The normalized spacial score (nSPS) is 14.0. The number of aromatic amines is 2. The number of nitrogens with zero attached hydrogens (tertiary/aromatic N) is 2. The molecule has 0 spiro atoms. The molecule has 0 saturated carbocycles. The van der Waals surface area contributed by atoms with Crippen LogP contribution in [0.3, 0.4) is 0 Å². The Balaban J connectivity index is 0.000000144. The topological polar surface area (TPSA) is 116 Å². The smallest absolute Gasteiger partial charge is 0.356 e. The van der Waals surface area contributed by atoms with Gasteiger partial charge in [-0.25, -0.2) is 4.98 Å². The Morgan fingerprint density at radius 1 is 0.800 bits per heavy atom. The molecule has 8 nitrogen and oxygen atoms in total. The van der Waals surface area contributed by atoms with Crippen molar-refractivity contribution in [2.45, 2.75) is 19.3 Å². The van der Waals surface area contributed by atoms with Crippen LogP contribution in [0.4, 0.5) is 13.2 Å². The predicted molar refractivity (Wildman–Crippen MR) is 165 cm³/mol. The van der Waals surface area contributed by atoms with E-state index in [1.165, 1.54) is 12.1 Å². The zero-order valence-electron chi connectivity index (χ0n) is 23.1. The van der Waals surface area contributed by atoms with Crippen molar-refractivity contribution in [2.75, 3.05) is 0 Å². The molecule has 0 fully saturated rings. The molecule has 0 unspecified atom stereocenters. The van der Waals surface area contributed by atoms with Crippen LogP contribution < -0.4 is 10.6 Å². The summed E-state index contributed by atoms with van der Waals surface area (Å²) in [4.78, 5) is 38.8. The Morgan fingerprint density at radius 3 is 2.40 bits per heavy atom. The number of rotatable bonds is 1. The monoisotopic (exact) mass is 624 g/mol. The van der Waals surface area contributed by atoms with Crippen LogP contribution in [0.2, 0.25) is 5.15 Å². The number of fused-ring (bicyclic) bond motifs is 10. The minimum Gasteiger partial charge on any atom is -0.356 e. The van der Waals surface area contributed by atoms with Crippen molar-refractivity contribution in [3.05, 3.63) is 106 Å². The van der Waals surface area contributed by atoms with Gasteiger partial charge in [0.05, 0.1) is 52.2 Å². The van der Waals surface area contributed by atoms with Gasteiger partial charge in [-0.15, -0.1) is 0 Å². The van der Waals surface area contributed by atoms with Crippen LogP contribution >= 0.6 is 11.6 Å². The Labute approximate surface area is 256 Å². The van der Waals surface area contributed by atoms with Crippen molar-refractivity contribution in [1.82, 2.24) is 30.6 Å². The molecular weight excluding hydrogens is 605 g/mol. The zero-order valence-corrected chi connectivity index (χ0v) is 23.8. The second-order valence-electron chi connectivity index (χ2n) is 10.8. The lowest BCUT2D eigenvalue weighted by Crippen LogP contribution is -2.13. The van der Waals surface area contributed by atoms with Crippen molar-refractivity contribution in [2.24, 2.45) is 0 Å². The standard InChI is InChI=1S/C20H12F3N3O.C13H8ClN3O/c21-20(22,23)14-4-2-1-3-11(14)15-7-13-10(8-24-15)5-6-12-17-16(26-18(12)13)9-25-19(17)27;14-10-3-8-6(4-15-10)1-2-7-11-9(17-12(7)8)5-16-13(11)18/h1-8,26H,9H2,(H,25,27);1-4,15H,5H2,(H,16,18). The van der Waals surface area contributed by atoms with Gasteiger partial charge in [-0.05, 0) is 18.2 Å². The highest BCUT2D eigenvalue weighted by atomic mass is 35.5. The highest BCUT2D eigenvalue weighted by molar-refractivity contribution is 6.30. The molecule has 0 aliphatic carbocycles. The quantitative estimate of drug-likeness (QED) is 0.144. The first-order valence-corrected chi connectivity index (χ1v) is 14.3. The maximum absolute atomic E-state index is 13.4. The van der Waals surface area contributed by atoms with E-state index < -0.39 is 11.7 Å². The molecule has 45 heavy (non-hydrogen) atoms. The zero-order chi connectivity index (χ0) is 31.0. The number of H-pyrrole nitrogens is 2. The van der Waals surface area contributed by atoms with Gasteiger partial charge in [0.25, 0.3) is 11.8 Å². The van der Waals surface area contributed by atoms with Gasteiger partial charge in [-0.1, -0.05) is 54.1 Å². The van der Waals surface area contributed by atoms with E-state index in [0.29, 0.717) is 29.4 Å². The molecule has 222 valence electrons. The van der Waals surface area contributed by atoms with Gasteiger partial charge in [-0.2, -0.15) is 13.2 Å². The van der Waals surface area contributed by atoms with Crippen LogP contribution in [0.15, 0.2) is 73.1 Å². The van der Waals surface area contributed by atoms with Crippen LogP contribution in [-0.4, -0.2) is 31.8 Å². The fraction of sp³-hybridized carbons (Fsp3) is 0.0909. The summed E-state index contributed by atoms with van der Waals surface area (Å²) in [6.07, 6.45) is -1.06. The summed E-state index contributed by atoms with van der Waals surface area (Å²) in [5.41, 5.74) is 4.05. The first kappa shape index (κ1) is 27.2. The van der Waals surface area contributed by atoms with Crippen molar-refractivity contribution >= 4 is 66.8 Å². The lowest BCUT2D eigenvalue weighted by Gasteiger charge is -2.12. The molecule has 2 aliphatic heterocycles. The molecule has 2 aliphatic rings. The van der Waals surface area contributed by atoms with E-state index in [9.17, 15) is 22.8 Å². The number of carbonyl (C=O) groups is 2. The minimum atomic E-state index is -4.47. The summed E-state index contributed by atoms with van der Waals surface area (Å²) < 4.78 is 40.1. The van der Waals surface area contributed by atoms with E-state index in [1.54, 1.807) is 18.3 Å². The number of alkyl halides is 3. The fourth-order valence-corrected chi connectivity index (χ4v) is 6.37. The van der Waals surface area contributed by atoms with Gasteiger partial charge < -0.3 is 20.6 Å². The summed E-state index contributed by atoms with van der Waals surface area (Å²) in [5.74, 6) is -0.187. The maximum Gasteiger partial charge on any atom is 0.417 e. The molecule has 7 aromatic rings. The average molecular weight is 625 g/mol. The van der Waals surface area contributed by atoms with E-state index in [0.717, 1.165) is 60.8 Å². The SMILES string of the molecule is O=C1NCc2[nH]c3c(ccc4cnc(-c5ccccc5C(F)(F)F)cc43)c21.O=C1NCc2nc3c(ccc4c[nH]c(Cl)cc43)c21. The second kappa shape index (κ2) is 9.80. The second-order valence-corrected chi connectivity index (χ2v) is 11.3. The lowest BCUT2D eigenvalue weighted by molar-refractivity contribution is -0.137. The number of pyridine rings is 2. The van der Waals surface area contributed by atoms with Gasteiger partial charge in [-0.3, -0.25) is 14.6 Å². The molecule has 6 heterocycles. The molecule has 9 rings (SSSR count). The molecule has 3 aromatic carbocycles. The van der Waals surface area contributed by atoms with Crippen LogP contribution in [0.25, 0.3) is 54.6 Å². The van der Waals surface area contributed by atoms with Crippen molar-refractivity contribution in [3.63, 3.8) is 0 Å². The third-order valence-electron chi connectivity index (χ3n) is 8.25. The maximum atomic E-state index is 13.4. The van der Waals surface area contributed by atoms with Gasteiger partial charge in [0.1, 0.15) is 5.15 Å². The molecule has 4 aromatic heterocycles. The van der Waals surface area contributed by atoms with Gasteiger partial charge in [0.2, 0.25) is 0 Å². The summed E-state index contributed by atoms with van der Waals surface area (Å²) in [6, 6.07) is 16.4. The number of aromatic nitrogens is 4. The molecule has 12 heteroatoms. The van der Waals surface area contributed by atoms with E-state index in [1.807, 2.05) is 36.5 Å². The molecule has 0 radical (unpaired) electrons. The number of benzene rings is 3. The number of hydrogen-bond acceptors (Lipinski definition) is 4. The average Bonchev–Trinajstić information content (AvgIpc) is 3.79. The minimum absolute atomic E-state index is 0.0285. The van der Waals surface area contributed by atoms with E-state index in [2.05, 4.69) is 30.6 Å². The van der Waals surface area contributed by atoms with E-state index in [-0.39, 0.29) is 23.1 Å². The summed E-state index contributed by atoms with van der Waals surface area (Å²) >= 11 is 5.98. The Hall–Kier alpha value is -5.42. The number of halogens is 4. The number of nitrogens with one attached hydrogen (secondary N) is 4. The van der Waals surface area contributed by atoms with Crippen molar-refractivity contribution in [1.29, 1.82) is 0 Å². The summed E-state index contributed by atoms with van der Waals surface area (Å²) in [7, 11) is 0. The Morgan fingerprint density at radius 2 is 1.56 bits per heavy atom. The summed E-state index contributed by atoms with van der Waals surface area (Å²) in [5, 5.41) is 11.3. The molecule has 0 saturated heterocycles. The number of hydrogen-bond donors (Lipinski definition) is 4. The summed E-state index contributed by atoms with van der Waals surface area (Å²) in [6.45, 7) is 0.927. The fourth-order valence-electron chi connectivity index (χ4n) is 6.20. The highest BCUT2D eigenvalue weighted by Gasteiger charge is 2.34. The lowest BCUT2D eigenvalue weighted by atomic mass is 10.0. The highest BCUT2D eigenvalue weighted by Crippen LogP contribution is 2.38. The third kappa shape index (κ3) is 4.30. The van der Waals surface area contributed by atoms with Crippen LogP contribution in [0, 0.1) is 0 Å². The molecule has 0 bridgehead atoms. The van der Waals surface area contributed by atoms with Gasteiger partial charge in [0.15, 0.2) is 0 Å². The van der Waals surface area contributed by atoms with Gasteiger partial charge >= 0.3 is 6.18 Å².